The number of aromatic carboxylic acids is 1. The zero-order chi connectivity index (χ0) is 24.3. The van der Waals surface area contributed by atoms with E-state index in [2.05, 4.69) is 20.8 Å². The molecule has 0 aliphatic carbocycles. The van der Waals surface area contributed by atoms with E-state index in [0.717, 1.165) is 0 Å². The van der Waals surface area contributed by atoms with E-state index in [1.54, 1.807) is 46.4 Å². The molecule has 32 heavy (non-hydrogen) atoms. The second-order valence-electron chi connectivity index (χ2n) is 9.54. The number of hydrogen-bond donors (Lipinski definition) is 3. The fourth-order valence-electron chi connectivity index (χ4n) is 3.11. The van der Waals surface area contributed by atoms with Crippen LogP contribution in [0.25, 0.3) is 0 Å². The van der Waals surface area contributed by atoms with Gasteiger partial charge in [0, 0.05) is 19.2 Å². The van der Waals surface area contributed by atoms with Gasteiger partial charge in [-0.2, -0.15) is 0 Å². The number of carboxylic acid groups (broad SMARTS) is 1. The van der Waals surface area contributed by atoms with Gasteiger partial charge in [-0.1, -0.05) is 11.6 Å². The van der Waals surface area contributed by atoms with Gasteiger partial charge in [0.1, 0.15) is 16.8 Å². The first kappa shape index (κ1) is 25.4. The average Bonchev–Trinajstić information content (AvgIpc) is 2.58. The molecular weight excluding hydrogens is 442 g/mol. The third kappa shape index (κ3) is 8.03. The minimum atomic E-state index is -1.24. The summed E-state index contributed by atoms with van der Waals surface area (Å²) in [6, 6.07) is 0.450. The number of amides is 2. The van der Waals surface area contributed by atoms with Gasteiger partial charge in [0.15, 0.2) is 11.0 Å². The van der Waals surface area contributed by atoms with E-state index in [-0.39, 0.29) is 16.5 Å². The highest BCUT2D eigenvalue weighted by atomic mass is 35.5. The number of hydrogen-bond acceptors (Lipinski definition) is 8. The molecule has 2 amide bonds. The van der Waals surface area contributed by atoms with Crippen molar-refractivity contribution in [3.8, 4) is 0 Å². The highest BCUT2D eigenvalue weighted by Gasteiger charge is 2.33. The average molecular weight is 472 g/mol. The summed E-state index contributed by atoms with van der Waals surface area (Å²) in [4.78, 5) is 37.7. The van der Waals surface area contributed by atoms with Gasteiger partial charge < -0.3 is 30.1 Å². The van der Waals surface area contributed by atoms with Crippen LogP contribution in [0.4, 0.5) is 15.4 Å². The molecule has 12 heteroatoms. The molecule has 1 aliphatic rings. The fraction of sp³-hybridized carbons (Fsp3) is 0.650. The molecule has 1 aromatic rings. The Balaban J connectivity index is 2.23. The van der Waals surface area contributed by atoms with Crippen molar-refractivity contribution >= 4 is 35.6 Å². The lowest BCUT2D eigenvalue weighted by molar-refractivity contribution is 0.0475. The van der Waals surface area contributed by atoms with Crippen LogP contribution in [0.15, 0.2) is 6.07 Å². The Morgan fingerprint density at radius 2 is 1.47 bits per heavy atom. The van der Waals surface area contributed by atoms with Gasteiger partial charge in [-0.15, -0.1) is 10.2 Å². The molecule has 1 fully saturated rings. The van der Waals surface area contributed by atoms with Crippen LogP contribution in [0.5, 0.6) is 0 Å². The van der Waals surface area contributed by atoms with E-state index in [1.807, 2.05) is 0 Å². The number of carboxylic acids is 1. The predicted octanol–water partition coefficient (Wildman–Crippen LogP) is 2.82. The van der Waals surface area contributed by atoms with E-state index < -0.39 is 41.4 Å². The number of aromatic nitrogens is 2. The normalized spacial score (nSPS) is 19.2. The van der Waals surface area contributed by atoms with Gasteiger partial charge in [-0.25, -0.2) is 14.4 Å². The molecule has 0 bridgehead atoms. The first-order valence-corrected chi connectivity index (χ1v) is 10.5. The molecule has 2 rings (SSSR count). The maximum absolute atomic E-state index is 12.3. The van der Waals surface area contributed by atoms with Crippen molar-refractivity contribution in [2.24, 2.45) is 0 Å². The van der Waals surface area contributed by atoms with Crippen LogP contribution >= 0.6 is 11.6 Å². The Kier molecular flexibility index (Phi) is 7.76. The summed E-state index contributed by atoms with van der Waals surface area (Å²) in [5.41, 5.74) is -1.55. The van der Waals surface area contributed by atoms with E-state index in [4.69, 9.17) is 21.1 Å². The minimum Gasteiger partial charge on any atom is -0.478 e. The van der Waals surface area contributed by atoms with Crippen molar-refractivity contribution in [1.29, 1.82) is 0 Å². The van der Waals surface area contributed by atoms with Crippen molar-refractivity contribution in [2.45, 2.75) is 71.2 Å². The zero-order valence-electron chi connectivity index (χ0n) is 19.1. The van der Waals surface area contributed by atoms with Crippen molar-refractivity contribution in [3.05, 3.63) is 16.8 Å². The highest BCUT2D eigenvalue weighted by molar-refractivity contribution is 6.32. The summed E-state index contributed by atoms with van der Waals surface area (Å²) >= 11 is 5.83. The summed E-state index contributed by atoms with van der Waals surface area (Å²) in [6.45, 7) is 11.1. The van der Waals surface area contributed by atoms with E-state index >= 15 is 0 Å². The minimum absolute atomic E-state index is 0.199. The van der Waals surface area contributed by atoms with Crippen LogP contribution in [0.1, 0.15) is 58.3 Å². The smallest absolute Gasteiger partial charge is 0.407 e. The molecule has 1 aliphatic heterocycles. The van der Waals surface area contributed by atoms with Crippen LogP contribution in [0.3, 0.4) is 0 Å². The van der Waals surface area contributed by atoms with Crippen LogP contribution in [0, 0.1) is 0 Å². The lowest BCUT2D eigenvalue weighted by Crippen LogP contribution is -2.58. The van der Waals surface area contributed by atoms with Gasteiger partial charge in [-0.3, -0.25) is 0 Å². The summed E-state index contributed by atoms with van der Waals surface area (Å²) in [6.07, 6.45) is -0.801. The topological polar surface area (TPSA) is 143 Å². The van der Waals surface area contributed by atoms with Crippen LogP contribution in [-0.2, 0) is 9.47 Å². The largest absolute Gasteiger partial charge is 0.478 e. The maximum Gasteiger partial charge on any atom is 0.407 e. The number of alkyl carbamates (subject to hydrolysis) is 2. The van der Waals surface area contributed by atoms with E-state index in [0.29, 0.717) is 19.5 Å². The second-order valence-corrected chi connectivity index (χ2v) is 9.90. The summed E-state index contributed by atoms with van der Waals surface area (Å²) in [7, 11) is 0. The van der Waals surface area contributed by atoms with Crippen LogP contribution in [0.2, 0.25) is 5.15 Å². The third-order valence-electron chi connectivity index (χ3n) is 4.18. The number of halogens is 1. The Hall–Kier alpha value is -2.82. The molecule has 178 valence electrons. The van der Waals surface area contributed by atoms with Crippen LogP contribution < -0.4 is 15.5 Å². The molecule has 0 spiro atoms. The van der Waals surface area contributed by atoms with Gasteiger partial charge in [0.05, 0.1) is 12.1 Å². The zero-order valence-corrected chi connectivity index (χ0v) is 19.8. The molecule has 0 radical (unpaired) electrons. The number of carbonyl (C=O) groups excluding carboxylic acids is 2. The van der Waals surface area contributed by atoms with E-state index in [1.165, 1.54) is 6.07 Å². The second kappa shape index (κ2) is 9.76. The highest BCUT2D eigenvalue weighted by Crippen LogP contribution is 2.22. The van der Waals surface area contributed by atoms with Gasteiger partial charge >= 0.3 is 18.2 Å². The molecule has 0 aromatic carbocycles. The SMILES string of the molecule is CC(C)(C)OC(=O)N[C@@H]1C[C@H](NC(=O)OC(C)(C)C)CN(c2cc(C(=O)O)c(Cl)nn2)C1. The molecule has 11 nitrogen and oxygen atoms in total. The molecule has 1 saturated heterocycles. The van der Waals surface area contributed by atoms with Gasteiger partial charge in [0.2, 0.25) is 0 Å². The Morgan fingerprint density at radius 1 is 1.00 bits per heavy atom. The first-order valence-electron chi connectivity index (χ1n) is 10.1. The summed E-state index contributed by atoms with van der Waals surface area (Å²) in [5, 5.41) is 22.4. The molecule has 1 aromatic heterocycles. The Labute approximate surface area is 191 Å². The summed E-state index contributed by atoms with van der Waals surface area (Å²) in [5.74, 6) is -0.992. The third-order valence-corrected chi connectivity index (χ3v) is 4.46. The molecule has 2 heterocycles. The molecule has 0 saturated carbocycles. The standard InChI is InChI=1S/C20H30ClN5O6/c1-19(2,3)31-17(29)22-11-7-12(23-18(30)32-20(4,5)6)10-26(9-11)14-8-13(16(27)28)15(21)25-24-14/h8,11-12H,7,9-10H2,1-6H3,(H,22,29)(H,23,30)(H,27,28)/t11-,12+. The van der Waals surface area contributed by atoms with Crippen molar-refractivity contribution in [3.63, 3.8) is 0 Å². The Morgan fingerprint density at radius 3 is 1.88 bits per heavy atom. The lowest BCUT2D eigenvalue weighted by atomic mass is 10.0. The predicted molar refractivity (Wildman–Crippen MR) is 117 cm³/mol. The van der Waals surface area contributed by atoms with Gasteiger partial charge in [-0.05, 0) is 48.0 Å². The number of carbonyl (C=O) groups is 3. The lowest BCUT2D eigenvalue weighted by Gasteiger charge is -2.39. The van der Waals surface area contributed by atoms with Crippen molar-refractivity contribution in [1.82, 2.24) is 20.8 Å². The quantitative estimate of drug-likeness (QED) is 0.603. The number of ether oxygens (including phenoxy) is 2. The van der Waals surface area contributed by atoms with Crippen molar-refractivity contribution in [2.75, 3.05) is 18.0 Å². The molecule has 3 N–H and O–H groups in total. The number of rotatable bonds is 4. The van der Waals surface area contributed by atoms with E-state index in [9.17, 15) is 19.5 Å². The van der Waals surface area contributed by atoms with Crippen LogP contribution in [-0.4, -0.2) is 69.8 Å². The monoisotopic (exact) mass is 471 g/mol. The molecule has 0 unspecified atom stereocenters. The first-order chi connectivity index (χ1) is 14.6. The molecule has 2 atom stereocenters. The fourth-order valence-corrected chi connectivity index (χ4v) is 3.29. The Bertz CT molecular complexity index is 829. The number of nitrogens with zero attached hydrogens (tertiary/aromatic N) is 3. The number of nitrogens with one attached hydrogen (secondary N) is 2. The number of piperidine rings is 1. The van der Waals surface area contributed by atoms with Gasteiger partial charge in [0.25, 0.3) is 0 Å². The molecular formula is C20H30ClN5O6. The van der Waals surface area contributed by atoms with Crippen molar-refractivity contribution < 1.29 is 29.0 Å². The summed E-state index contributed by atoms with van der Waals surface area (Å²) < 4.78 is 10.7. The number of anilines is 1. The maximum atomic E-state index is 12.3.